The van der Waals surface area contributed by atoms with Gasteiger partial charge in [-0.3, -0.25) is 4.79 Å². The molecule has 2 N–H and O–H groups in total. The Balaban J connectivity index is 1.82. The van der Waals surface area contributed by atoms with Crippen LogP contribution in [0.5, 0.6) is 0 Å². The topological polar surface area (TPSA) is 75.3 Å². The number of hydrogen-bond donors (Lipinski definition) is 2. The molecule has 0 atom stereocenters. The molecule has 0 bridgehead atoms. The van der Waals surface area contributed by atoms with E-state index >= 15 is 0 Å². The zero-order valence-electron chi connectivity index (χ0n) is 13.7. The van der Waals surface area contributed by atoms with Crippen LogP contribution >= 0.6 is 11.6 Å². The zero-order chi connectivity index (χ0) is 18.3. The lowest BCUT2D eigenvalue weighted by Crippen LogP contribution is -2.26. The van der Waals surface area contributed by atoms with Crippen LogP contribution in [0.4, 0.5) is 5.69 Å². The van der Waals surface area contributed by atoms with Crippen LogP contribution in [0.1, 0.15) is 17.5 Å². The van der Waals surface area contributed by atoms with E-state index in [1.165, 1.54) is 6.08 Å². The van der Waals surface area contributed by atoms with Gasteiger partial charge in [-0.1, -0.05) is 41.9 Å². The molecule has 1 amide bonds. The molecule has 0 fully saturated rings. The first-order valence-electron chi connectivity index (χ1n) is 7.64. The molecule has 0 spiro atoms. The summed E-state index contributed by atoms with van der Waals surface area (Å²) in [6.45, 7) is 1.85. The molecule has 0 aliphatic rings. The molecule has 0 unspecified atom stereocenters. The third kappa shape index (κ3) is 6.70. The Morgan fingerprint density at radius 1 is 1.16 bits per heavy atom. The highest BCUT2D eigenvalue weighted by molar-refractivity contribution is 7.92. The van der Waals surface area contributed by atoms with Crippen molar-refractivity contribution < 1.29 is 13.2 Å². The molecule has 0 aliphatic carbocycles. The molecule has 5 nitrogen and oxygen atoms in total. The zero-order valence-corrected chi connectivity index (χ0v) is 15.3. The number of amides is 1. The van der Waals surface area contributed by atoms with Crippen LogP contribution in [0, 0.1) is 6.92 Å². The molecule has 0 saturated heterocycles. The second kappa shape index (κ2) is 8.80. The predicted octanol–water partition coefficient (Wildman–Crippen LogP) is 3.57. The monoisotopic (exact) mass is 378 g/mol. The van der Waals surface area contributed by atoms with Gasteiger partial charge in [0.2, 0.25) is 15.9 Å². The number of benzene rings is 2. The molecule has 25 heavy (non-hydrogen) atoms. The molecule has 2 aromatic carbocycles. The van der Waals surface area contributed by atoms with Gasteiger partial charge in [-0.2, -0.15) is 0 Å². The number of sulfonamides is 1. The normalized spacial score (nSPS) is 11.6. The number of halogens is 1. The largest absolute Gasteiger partial charge is 0.326 e. The van der Waals surface area contributed by atoms with Crippen LogP contribution in [0.2, 0.25) is 5.02 Å². The Morgan fingerprint density at radius 2 is 1.88 bits per heavy atom. The maximum Gasteiger partial charge on any atom is 0.233 e. The minimum atomic E-state index is -3.59. The molecule has 0 heterocycles. The molecule has 2 aromatic rings. The number of nitrogens with one attached hydrogen (secondary N) is 2. The molecule has 2 rings (SSSR count). The Morgan fingerprint density at radius 3 is 2.56 bits per heavy atom. The van der Waals surface area contributed by atoms with E-state index in [0.29, 0.717) is 10.7 Å². The lowest BCUT2D eigenvalue weighted by molar-refractivity contribution is -0.116. The summed E-state index contributed by atoms with van der Waals surface area (Å²) in [5.74, 6) is -0.278. The summed E-state index contributed by atoms with van der Waals surface area (Å²) in [6, 6.07) is 14.2. The highest BCUT2D eigenvalue weighted by Gasteiger charge is 2.08. The molecule has 132 valence electrons. The maximum atomic E-state index is 11.9. The SMILES string of the molecule is Cc1cc(Cl)ccc1NC(=O)CCNS(=O)(=O)/C=C/c1ccccc1. The van der Waals surface area contributed by atoms with Gasteiger partial charge < -0.3 is 5.32 Å². The van der Waals surface area contributed by atoms with Gasteiger partial charge in [0.1, 0.15) is 0 Å². The summed E-state index contributed by atoms with van der Waals surface area (Å²) in [7, 11) is -3.59. The van der Waals surface area contributed by atoms with Crippen molar-refractivity contribution in [3.8, 4) is 0 Å². The van der Waals surface area contributed by atoms with Gasteiger partial charge >= 0.3 is 0 Å². The van der Waals surface area contributed by atoms with Crippen molar-refractivity contribution in [3.05, 3.63) is 70.1 Å². The van der Waals surface area contributed by atoms with Crippen molar-refractivity contribution in [2.45, 2.75) is 13.3 Å². The van der Waals surface area contributed by atoms with E-state index in [9.17, 15) is 13.2 Å². The summed E-state index contributed by atoms with van der Waals surface area (Å²) in [6.07, 6.45) is 1.53. The fourth-order valence-corrected chi connectivity index (χ4v) is 3.11. The highest BCUT2D eigenvalue weighted by atomic mass is 35.5. The van der Waals surface area contributed by atoms with Crippen molar-refractivity contribution in [1.82, 2.24) is 4.72 Å². The number of aryl methyl sites for hydroxylation is 1. The van der Waals surface area contributed by atoms with E-state index < -0.39 is 10.0 Å². The second-order valence-corrected chi connectivity index (χ2v) is 7.50. The number of hydrogen-bond acceptors (Lipinski definition) is 3. The first-order valence-corrected chi connectivity index (χ1v) is 9.57. The Kier molecular flexibility index (Phi) is 6.75. The fraction of sp³-hybridized carbons (Fsp3) is 0.167. The van der Waals surface area contributed by atoms with Gasteiger partial charge in [-0.15, -0.1) is 0 Å². The third-order valence-electron chi connectivity index (χ3n) is 3.36. The lowest BCUT2D eigenvalue weighted by atomic mass is 10.2. The number of rotatable bonds is 7. The first-order chi connectivity index (χ1) is 11.9. The first kappa shape index (κ1) is 19.2. The van der Waals surface area contributed by atoms with Crippen molar-refractivity contribution in [3.63, 3.8) is 0 Å². The molecular weight excluding hydrogens is 360 g/mol. The van der Waals surface area contributed by atoms with Gasteiger partial charge in [0, 0.05) is 29.1 Å². The lowest BCUT2D eigenvalue weighted by Gasteiger charge is -2.09. The van der Waals surface area contributed by atoms with Gasteiger partial charge in [-0.25, -0.2) is 13.1 Å². The molecule has 0 radical (unpaired) electrons. The van der Waals surface area contributed by atoms with Crippen molar-refractivity contribution in [2.24, 2.45) is 0 Å². The Labute approximate surface area is 152 Å². The Hall–Kier alpha value is -2.15. The van der Waals surface area contributed by atoms with E-state index in [0.717, 1.165) is 16.5 Å². The fourth-order valence-electron chi connectivity index (χ4n) is 2.07. The van der Waals surface area contributed by atoms with E-state index in [1.54, 1.807) is 30.3 Å². The van der Waals surface area contributed by atoms with Crippen molar-refractivity contribution >= 4 is 39.3 Å². The van der Waals surface area contributed by atoms with Crippen molar-refractivity contribution in [2.75, 3.05) is 11.9 Å². The summed E-state index contributed by atoms with van der Waals surface area (Å²) in [4.78, 5) is 11.9. The van der Waals surface area contributed by atoms with Crippen LogP contribution in [0.25, 0.3) is 6.08 Å². The summed E-state index contributed by atoms with van der Waals surface area (Å²) < 4.78 is 26.2. The molecule has 0 aliphatic heterocycles. The van der Waals surface area contributed by atoms with E-state index in [1.807, 2.05) is 25.1 Å². The molecule has 0 aromatic heterocycles. The van der Waals surface area contributed by atoms with E-state index in [2.05, 4.69) is 10.0 Å². The number of carbonyl (C=O) groups is 1. The average Bonchev–Trinajstić information content (AvgIpc) is 2.56. The summed E-state index contributed by atoms with van der Waals surface area (Å²) in [5.41, 5.74) is 2.28. The van der Waals surface area contributed by atoms with Crippen molar-refractivity contribution in [1.29, 1.82) is 0 Å². The van der Waals surface area contributed by atoms with Gasteiger partial charge in [-0.05, 0) is 42.3 Å². The van der Waals surface area contributed by atoms with E-state index in [-0.39, 0.29) is 18.9 Å². The summed E-state index contributed by atoms with van der Waals surface area (Å²) >= 11 is 5.87. The standard InChI is InChI=1S/C18H19ClN2O3S/c1-14-13-16(19)7-8-17(14)21-18(22)9-11-20-25(23,24)12-10-15-5-3-2-4-6-15/h2-8,10,12-13,20H,9,11H2,1H3,(H,21,22)/b12-10+. The minimum absolute atomic E-state index is 0.0138. The molecule has 0 saturated carbocycles. The van der Waals surface area contributed by atoms with Crippen LogP contribution in [-0.2, 0) is 14.8 Å². The number of carbonyl (C=O) groups excluding carboxylic acids is 1. The minimum Gasteiger partial charge on any atom is -0.326 e. The third-order valence-corrected chi connectivity index (χ3v) is 4.69. The molecule has 7 heteroatoms. The summed E-state index contributed by atoms with van der Waals surface area (Å²) in [5, 5.41) is 4.41. The predicted molar refractivity (Wildman–Crippen MR) is 102 cm³/mol. The second-order valence-electron chi connectivity index (χ2n) is 5.41. The van der Waals surface area contributed by atoms with Crippen LogP contribution < -0.4 is 10.0 Å². The van der Waals surface area contributed by atoms with Crippen LogP contribution in [-0.4, -0.2) is 20.9 Å². The maximum absolute atomic E-state index is 11.9. The highest BCUT2D eigenvalue weighted by Crippen LogP contribution is 2.19. The Bertz CT molecular complexity index is 865. The van der Waals surface area contributed by atoms with E-state index in [4.69, 9.17) is 11.6 Å². The quantitative estimate of drug-likeness (QED) is 0.773. The van der Waals surface area contributed by atoms with Gasteiger partial charge in [0.25, 0.3) is 0 Å². The average molecular weight is 379 g/mol. The smallest absolute Gasteiger partial charge is 0.233 e. The molecular formula is C18H19ClN2O3S. The number of anilines is 1. The van der Waals surface area contributed by atoms with Gasteiger partial charge in [0.15, 0.2) is 0 Å². The van der Waals surface area contributed by atoms with Crippen LogP contribution in [0.15, 0.2) is 53.9 Å². The van der Waals surface area contributed by atoms with Crippen LogP contribution in [0.3, 0.4) is 0 Å². The van der Waals surface area contributed by atoms with Gasteiger partial charge in [0.05, 0.1) is 0 Å².